The molecular formula is C18H20N2O4. The number of anilines is 1. The largest absolute Gasteiger partial charge is 0.484 e. The summed E-state index contributed by atoms with van der Waals surface area (Å²) in [6.45, 7) is 1.87. The number of amides is 2. The monoisotopic (exact) mass is 328 g/mol. The third kappa shape index (κ3) is 4.16. The lowest BCUT2D eigenvalue weighted by Gasteiger charge is -2.18. The number of nitrogens with one attached hydrogen (secondary N) is 2. The first-order valence-electron chi connectivity index (χ1n) is 7.97. The molecule has 1 aromatic heterocycles. The molecule has 3 rings (SSSR count). The van der Waals surface area contributed by atoms with Gasteiger partial charge < -0.3 is 19.8 Å². The van der Waals surface area contributed by atoms with Gasteiger partial charge in [-0.25, -0.2) is 0 Å². The second-order valence-corrected chi connectivity index (χ2v) is 5.91. The van der Waals surface area contributed by atoms with Gasteiger partial charge in [0.1, 0.15) is 11.5 Å². The van der Waals surface area contributed by atoms with Crippen LogP contribution in [-0.2, 0) is 22.4 Å². The number of rotatable bonds is 6. The van der Waals surface area contributed by atoms with Crippen molar-refractivity contribution in [2.75, 3.05) is 11.9 Å². The molecule has 1 atom stereocenters. The van der Waals surface area contributed by atoms with Gasteiger partial charge >= 0.3 is 0 Å². The van der Waals surface area contributed by atoms with E-state index >= 15 is 0 Å². The van der Waals surface area contributed by atoms with Crippen molar-refractivity contribution < 1.29 is 18.7 Å². The van der Waals surface area contributed by atoms with Crippen molar-refractivity contribution in [2.45, 2.75) is 32.2 Å². The van der Waals surface area contributed by atoms with E-state index in [2.05, 4.69) is 10.6 Å². The Morgan fingerprint density at radius 3 is 3.04 bits per heavy atom. The van der Waals surface area contributed by atoms with Gasteiger partial charge in [0.15, 0.2) is 6.61 Å². The highest BCUT2D eigenvalue weighted by Gasteiger charge is 2.15. The summed E-state index contributed by atoms with van der Waals surface area (Å²) in [5.74, 6) is 1.31. The Hall–Kier alpha value is -2.76. The van der Waals surface area contributed by atoms with Crippen LogP contribution in [0.1, 0.15) is 24.7 Å². The van der Waals surface area contributed by atoms with Gasteiger partial charge in [0.05, 0.1) is 6.26 Å². The lowest BCUT2D eigenvalue weighted by atomic mass is 10.0. The molecule has 0 fully saturated rings. The summed E-state index contributed by atoms with van der Waals surface area (Å²) in [5.41, 5.74) is 1.84. The van der Waals surface area contributed by atoms with E-state index in [0.717, 1.165) is 17.0 Å². The highest BCUT2D eigenvalue weighted by atomic mass is 16.5. The van der Waals surface area contributed by atoms with E-state index < -0.39 is 0 Å². The zero-order chi connectivity index (χ0) is 16.9. The van der Waals surface area contributed by atoms with E-state index in [1.165, 1.54) is 0 Å². The van der Waals surface area contributed by atoms with Crippen molar-refractivity contribution in [1.82, 2.24) is 5.32 Å². The number of fused-ring (bicyclic) bond motifs is 1. The van der Waals surface area contributed by atoms with Gasteiger partial charge in [-0.2, -0.15) is 0 Å². The van der Waals surface area contributed by atoms with E-state index in [-0.39, 0.29) is 24.5 Å². The fourth-order valence-corrected chi connectivity index (χ4v) is 2.70. The summed E-state index contributed by atoms with van der Waals surface area (Å²) in [5, 5.41) is 5.69. The van der Waals surface area contributed by atoms with Gasteiger partial charge in [0.25, 0.3) is 5.91 Å². The van der Waals surface area contributed by atoms with E-state index in [0.29, 0.717) is 25.0 Å². The molecule has 6 nitrogen and oxygen atoms in total. The minimum Gasteiger partial charge on any atom is -0.484 e. The molecule has 6 heteroatoms. The lowest BCUT2D eigenvalue weighted by Crippen LogP contribution is -2.37. The maximum absolute atomic E-state index is 12.0. The van der Waals surface area contributed by atoms with Gasteiger partial charge in [0, 0.05) is 24.6 Å². The van der Waals surface area contributed by atoms with Gasteiger partial charge in [0.2, 0.25) is 5.91 Å². The van der Waals surface area contributed by atoms with E-state index in [4.69, 9.17) is 9.15 Å². The average molecular weight is 328 g/mol. The second kappa shape index (κ2) is 7.21. The third-order valence-electron chi connectivity index (χ3n) is 3.84. The number of carbonyl (C=O) groups is 2. The topological polar surface area (TPSA) is 80.6 Å². The fraction of sp³-hybridized carbons (Fsp3) is 0.333. The predicted molar refractivity (Wildman–Crippen MR) is 88.9 cm³/mol. The number of ether oxygens (including phenoxy) is 1. The van der Waals surface area contributed by atoms with Crippen molar-refractivity contribution in [3.63, 3.8) is 0 Å². The van der Waals surface area contributed by atoms with Gasteiger partial charge in [-0.15, -0.1) is 0 Å². The molecule has 1 aliphatic heterocycles. The Labute approximate surface area is 140 Å². The molecule has 0 radical (unpaired) electrons. The minimum absolute atomic E-state index is 0.0288. The Balaban J connectivity index is 1.48. The lowest BCUT2D eigenvalue weighted by molar-refractivity contribution is -0.123. The number of hydrogen-bond donors (Lipinski definition) is 2. The Morgan fingerprint density at radius 2 is 2.25 bits per heavy atom. The molecule has 0 bridgehead atoms. The molecule has 0 aliphatic carbocycles. The number of furan rings is 1. The van der Waals surface area contributed by atoms with Crippen LogP contribution >= 0.6 is 0 Å². The smallest absolute Gasteiger partial charge is 0.258 e. The van der Waals surface area contributed by atoms with Crippen LogP contribution in [0.25, 0.3) is 0 Å². The maximum Gasteiger partial charge on any atom is 0.258 e. The molecule has 0 saturated heterocycles. The van der Waals surface area contributed by atoms with Crippen molar-refractivity contribution in [2.24, 2.45) is 0 Å². The number of hydrogen-bond acceptors (Lipinski definition) is 4. The minimum atomic E-state index is -0.180. The van der Waals surface area contributed by atoms with Crippen LogP contribution in [0.4, 0.5) is 5.69 Å². The highest BCUT2D eigenvalue weighted by molar-refractivity contribution is 5.94. The normalized spacial score (nSPS) is 14.5. The van der Waals surface area contributed by atoms with Crippen LogP contribution < -0.4 is 15.4 Å². The van der Waals surface area contributed by atoms with Crippen LogP contribution in [0.2, 0.25) is 0 Å². The zero-order valence-electron chi connectivity index (χ0n) is 13.5. The van der Waals surface area contributed by atoms with E-state index in [9.17, 15) is 9.59 Å². The molecule has 2 heterocycles. The van der Waals surface area contributed by atoms with Gasteiger partial charge in [-0.05, 0) is 49.2 Å². The van der Waals surface area contributed by atoms with Crippen molar-refractivity contribution in [3.8, 4) is 5.75 Å². The molecule has 126 valence electrons. The first-order chi connectivity index (χ1) is 11.6. The summed E-state index contributed by atoms with van der Waals surface area (Å²) in [6.07, 6.45) is 3.41. The van der Waals surface area contributed by atoms with Gasteiger partial charge in [-0.1, -0.05) is 0 Å². The van der Waals surface area contributed by atoms with Crippen LogP contribution in [-0.4, -0.2) is 24.5 Å². The van der Waals surface area contributed by atoms with Crippen LogP contribution in [0.5, 0.6) is 5.75 Å². The molecule has 0 spiro atoms. The molecule has 2 aromatic rings. The molecular weight excluding hydrogens is 308 g/mol. The number of aryl methyl sites for hydroxylation is 1. The summed E-state index contributed by atoms with van der Waals surface area (Å²) < 4.78 is 10.8. The summed E-state index contributed by atoms with van der Waals surface area (Å²) in [7, 11) is 0. The third-order valence-corrected chi connectivity index (χ3v) is 3.84. The summed E-state index contributed by atoms with van der Waals surface area (Å²) in [6, 6.07) is 9.10. The highest BCUT2D eigenvalue weighted by Crippen LogP contribution is 2.26. The SMILES string of the molecule is C[C@H](Cc1ccco1)NC(=O)COc1ccc2c(c1)CCC(=O)N2. The second-order valence-electron chi connectivity index (χ2n) is 5.91. The van der Waals surface area contributed by atoms with Gasteiger partial charge in [-0.3, -0.25) is 9.59 Å². The Morgan fingerprint density at radius 1 is 1.38 bits per heavy atom. The summed E-state index contributed by atoms with van der Waals surface area (Å²) in [4.78, 5) is 23.3. The number of carbonyl (C=O) groups excluding carboxylic acids is 2. The van der Waals surface area contributed by atoms with Crippen molar-refractivity contribution in [3.05, 3.63) is 47.9 Å². The molecule has 2 N–H and O–H groups in total. The molecule has 24 heavy (non-hydrogen) atoms. The molecule has 1 aliphatic rings. The zero-order valence-corrected chi connectivity index (χ0v) is 13.5. The quantitative estimate of drug-likeness (QED) is 0.852. The van der Waals surface area contributed by atoms with E-state index in [1.54, 1.807) is 18.4 Å². The Bertz CT molecular complexity index is 725. The molecule has 1 aromatic carbocycles. The predicted octanol–water partition coefficient (Wildman–Crippen LogP) is 2.29. The standard InChI is InChI=1S/C18H20N2O4/c1-12(9-14-3-2-8-23-14)19-18(22)11-24-15-5-6-16-13(10-15)4-7-17(21)20-16/h2-3,5-6,8,10,12H,4,7,9,11H2,1H3,(H,19,22)(H,20,21)/t12-/m1/s1. The van der Waals surface area contributed by atoms with Crippen LogP contribution in [0.3, 0.4) is 0 Å². The van der Waals surface area contributed by atoms with Crippen molar-refractivity contribution in [1.29, 1.82) is 0 Å². The first kappa shape index (κ1) is 16.1. The average Bonchev–Trinajstić information content (AvgIpc) is 3.05. The Kier molecular flexibility index (Phi) is 4.84. The van der Waals surface area contributed by atoms with Crippen LogP contribution in [0, 0.1) is 0 Å². The summed E-state index contributed by atoms with van der Waals surface area (Å²) >= 11 is 0. The fourth-order valence-electron chi connectivity index (χ4n) is 2.70. The molecule has 0 saturated carbocycles. The maximum atomic E-state index is 12.0. The molecule has 2 amide bonds. The number of benzene rings is 1. The molecule has 0 unspecified atom stereocenters. The van der Waals surface area contributed by atoms with Crippen molar-refractivity contribution >= 4 is 17.5 Å². The van der Waals surface area contributed by atoms with Crippen LogP contribution in [0.15, 0.2) is 41.0 Å². The van der Waals surface area contributed by atoms with E-state index in [1.807, 2.05) is 25.1 Å². The first-order valence-corrected chi connectivity index (χ1v) is 7.97.